The van der Waals surface area contributed by atoms with Gasteiger partial charge in [-0.25, -0.2) is 8.42 Å². The van der Waals surface area contributed by atoms with Crippen LogP contribution in [0.2, 0.25) is 0 Å². The molecule has 6 nitrogen and oxygen atoms in total. The lowest BCUT2D eigenvalue weighted by Gasteiger charge is -2.29. The molecule has 0 saturated carbocycles. The minimum absolute atomic E-state index is 0.176. The van der Waals surface area contributed by atoms with E-state index < -0.39 is 10.0 Å². The minimum atomic E-state index is -3.61. The van der Waals surface area contributed by atoms with Gasteiger partial charge in [-0.05, 0) is 67.5 Å². The van der Waals surface area contributed by atoms with Crippen LogP contribution in [0.25, 0.3) is 0 Å². The van der Waals surface area contributed by atoms with Gasteiger partial charge in [-0.2, -0.15) is 4.31 Å². The summed E-state index contributed by atoms with van der Waals surface area (Å²) in [5.74, 6) is 1.02. The average molecular weight is 445 g/mol. The Hall–Kier alpha value is -2.38. The van der Waals surface area contributed by atoms with Crippen molar-refractivity contribution in [3.63, 3.8) is 0 Å². The molecular weight excluding hydrogens is 412 g/mol. The van der Waals surface area contributed by atoms with Crippen molar-refractivity contribution in [3.8, 4) is 5.75 Å². The van der Waals surface area contributed by atoms with Gasteiger partial charge < -0.3 is 10.1 Å². The molecule has 1 amide bonds. The summed E-state index contributed by atoms with van der Waals surface area (Å²) >= 11 is 0. The fraction of sp³-hybridized carbons (Fsp3) is 0.458. The summed E-state index contributed by atoms with van der Waals surface area (Å²) in [6.45, 7) is 7.01. The molecule has 2 aromatic rings. The third-order valence-corrected chi connectivity index (χ3v) is 7.96. The van der Waals surface area contributed by atoms with Crippen molar-refractivity contribution < 1.29 is 17.9 Å². The first-order valence-electron chi connectivity index (χ1n) is 10.8. The maximum absolute atomic E-state index is 13.1. The molecule has 7 heteroatoms. The van der Waals surface area contributed by atoms with Crippen molar-refractivity contribution in [1.82, 2.24) is 9.62 Å². The van der Waals surface area contributed by atoms with E-state index in [0.29, 0.717) is 31.0 Å². The summed E-state index contributed by atoms with van der Waals surface area (Å²) in [6.07, 6.45) is 2.43. The van der Waals surface area contributed by atoms with Crippen molar-refractivity contribution in [1.29, 1.82) is 0 Å². The summed E-state index contributed by atoms with van der Waals surface area (Å²) in [5, 5.41) is 3.05. The molecule has 1 N–H and O–H groups in total. The number of piperidine rings is 1. The lowest BCUT2D eigenvalue weighted by molar-refractivity contribution is 0.0934. The lowest BCUT2D eigenvalue weighted by Crippen LogP contribution is -2.38. The van der Waals surface area contributed by atoms with Gasteiger partial charge >= 0.3 is 0 Å². The molecular formula is C24H32N2O4S. The zero-order valence-corrected chi connectivity index (χ0v) is 19.5. The number of nitrogens with zero attached hydrogens (tertiary/aromatic N) is 1. The zero-order valence-electron chi connectivity index (χ0n) is 18.7. The van der Waals surface area contributed by atoms with Gasteiger partial charge in [0.1, 0.15) is 5.75 Å². The molecule has 1 saturated heterocycles. The van der Waals surface area contributed by atoms with Gasteiger partial charge in [0.25, 0.3) is 5.91 Å². The van der Waals surface area contributed by atoms with Crippen LogP contribution in [0.15, 0.2) is 47.4 Å². The van der Waals surface area contributed by atoms with Gasteiger partial charge in [0.15, 0.2) is 0 Å². The minimum Gasteiger partial charge on any atom is -0.497 e. The Labute approximate surface area is 185 Å². The number of amides is 1. The summed E-state index contributed by atoms with van der Waals surface area (Å²) in [4.78, 5) is 13.3. The molecule has 0 bridgehead atoms. The number of benzene rings is 2. The molecule has 0 aliphatic carbocycles. The van der Waals surface area contributed by atoms with Crippen LogP contribution in [0.4, 0.5) is 0 Å². The first-order valence-corrected chi connectivity index (χ1v) is 12.3. The Morgan fingerprint density at radius 2 is 1.81 bits per heavy atom. The quantitative estimate of drug-likeness (QED) is 0.691. The average Bonchev–Trinajstić information content (AvgIpc) is 2.78. The molecule has 3 rings (SSSR count). The molecule has 0 aromatic heterocycles. The SMILES string of the molecule is CCC(NC(=O)c1cc(S(=O)(=O)N2CCC(C)CC2)ccc1C)c1ccc(OC)cc1. The summed E-state index contributed by atoms with van der Waals surface area (Å²) in [7, 11) is -2.00. The number of hydrogen-bond donors (Lipinski definition) is 1. The molecule has 31 heavy (non-hydrogen) atoms. The Bertz CT molecular complexity index is 1010. The highest BCUT2D eigenvalue weighted by molar-refractivity contribution is 7.89. The molecule has 1 aliphatic rings. The third-order valence-electron chi connectivity index (χ3n) is 6.07. The number of carbonyl (C=O) groups is 1. The Morgan fingerprint density at radius 3 is 2.39 bits per heavy atom. The van der Waals surface area contributed by atoms with E-state index in [1.165, 1.54) is 10.4 Å². The predicted octanol–water partition coefficient (Wildman–Crippen LogP) is 4.31. The highest BCUT2D eigenvalue weighted by Crippen LogP contribution is 2.26. The van der Waals surface area contributed by atoms with Crippen molar-refractivity contribution >= 4 is 15.9 Å². The number of methoxy groups -OCH3 is 1. The van der Waals surface area contributed by atoms with Crippen LogP contribution in [-0.2, 0) is 10.0 Å². The smallest absolute Gasteiger partial charge is 0.252 e. The second-order valence-electron chi connectivity index (χ2n) is 8.27. The van der Waals surface area contributed by atoms with E-state index in [4.69, 9.17) is 4.74 Å². The molecule has 1 fully saturated rings. The largest absolute Gasteiger partial charge is 0.497 e. The van der Waals surface area contributed by atoms with Gasteiger partial charge in [-0.1, -0.05) is 32.0 Å². The van der Waals surface area contributed by atoms with Crippen LogP contribution in [-0.4, -0.2) is 38.8 Å². The van der Waals surface area contributed by atoms with Crippen molar-refractivity contribution in [2.75, 3.05) is 20.2 Å². The molecule has 2 aromatic carbocycles. The van der Waals surface area contributed by atoms with E-state index in [1.807, 2.05) is 38.1 Å². The van der Waals surface area contributed by atoms with Crippen LogP contribution < -0.4 is 10.1 Å². The highest BCUT2D eigenvalue weighted by atomic mass is 32.2. The van der Waals surface area contributed by atoms with Gasteiger partial charge in [-0.3, -0.25) is 4.79 Å². The Balaban J connectivity index is 1.82. The molecule has 1 aliphatic heterocycles. The first kappa shape index (κ1) is 23.3. The number of rotatable bonds is 7. The van der Waals surface area contributed by atoms with E-state index in [2.05, 4.69) is 12.2 Å². The van der Waals surface area contributed by atoms with E-state index in [9.17, 15) is 13.2 Å². The van der Waals surface area contributed by atoms with Gasteiger partial charge in [-0.15, -0.1) is 0 Å². The molecule has 1 heterocycles. The first-order chi connectivity index (χ1) is 14.8. The van der Waals surface area contributed by atoms with E-state index in [1.54, 1.807) is 19.2 Å². The highest BCUT2D eigenvalue weighted by Gasteiger charge is 2.29. The van der Waals surface area contributed by atoms with Crippen molar-refractivity contribution in [2.24, 2.45) is 5.92 Å². The monoisotopic (exact) mass is 444 g/mol. The van der Waals surface area contributed by atoms with E-state index >= 15 is 0 Å². The standard InChI is InChI=1S/C24H32N2O4S/c1-5-23(19-7-9-20(30-4)10-8-19)25-24(27)22-16-21(11-6-18(22)3)31(28,29)26-14-12-17(2)13-15-26/h6-11,16-17,23H,5,12-15H2,1-4H3,(H,25,27). The van der Waals surface area contributed by atoms with Crippen LogP contribution >= 0.6 is 0 Å². The maximum Gasteiger partial charge on any atom is 0.252 e. The predicted molar refractivity (Wildman–Crippen MR) is 122 cm³/mol. The number of aryl methyl sites for hydroxylation is 1. The van der Waals surface area contributed by atoms with Crippen LogP contribution in [0.5, 0.6) is 5.75 Å². The fourth-order valence-electron chi connectivity index (χ4n) is 3.87. The van der Waals surface area contributed by atoms with Gasteiger partial charge in [0.2, 0.25) is 10.0 Å². The maximum atomic E-state index is 13.1. The zero-order chi connectivity index (χ0) is 22.6. The Kier molecular flexibility index (Phi) is 7.38. The van der Waals surface area contributed by atoms with Gasteiger partial charge in [0, 0.05) is 18.7 Å². The number of carbonyl (C=O) groups excluding carboxylic acids is 1. The van der Waals surface area contributed by atoms with Crippen LogP contribution in [0, 0.1) is 12.8 Å². The Morgan fingerprint density at radius 1 is 1.16 bits per heavy atom. The second kappa shape index (κ2) is 9.83. The topological polar surface area (TPSA) is 75.7 Å². The van der Waals surface area contributed by atoms with E-state index in [-0.39, 0.29) is 16.8 Å². The van der Waals surface area contributed by atoms with E-state index in [0.717, 1.165) is 29.7 Å². The van der Waals surface area contributed by atoms with Crippen molar-refractivity contribution in [3.05, 3.63) is 59.2 Å². The number of sulfonamides is 1. The molecule has 1 unspecified atom stereocenters. The second-order valence-corrected chi connectivity index (χ2v) is 10.2. The number of nitrogens with one attached hydrogen (secondary N) is 1. The summed E-state index contributed by atoms with van der Waals surface area (Å²) in [5.41, 5.74) is 2.10. The normalized spacial score (nSPS) is 16.6. The van der Waals surface area contributed by atoms with Crippen LogP contribution in [0.1, 0.15) is 60.6 Å². The van der Waals surface area contributed by atoms with Crippen molar-refractivity contribution in [2.45, 2.75) is 51.0 Å². The summed E-state index contributed by atoms with van der Waals surface area (Å²) < 4.78 is 33.0. The number of hydrogen-bond acceptors (Lipinski definition) is 4. The summed E-state index contributed by atoms with van der Waals surface area (Å²) in [6, 6.07) is 12.2. The number of ether oxygens (including phenoxy) is 1. The van der Waals surface area contributed by atoms with Gasteiger partial charge in [0.05, 0.1) is 18.0 Å². The fourth-order valence-corrected chi connectivity index (χ4v) is 5.37. The lowest BCUT2D eigenvalue weighted by atomic mass is 10.0. The molecule has 1 atom stereocenters. The molecule has 0 spiro atoms. The van der Waals surface area contributed by atoms with Crippen LogP contribution in [0.3, 0.4) is 0 Å². The third kappa shape index (κ3) is 5.28. The molecule has 0 radical (unpaired) electrons. The molecule has 168 valence electrons.